The Morgan fingerprint density at radius 3 is 2.53 bits per heavy atom. The van der Waals surface area contributed by atoms with E-state index in [1.165, 1.54) is 0 Å². The lowest BCUT2D eigenvalue weighted by molar-refractivity contribution is 0.0950. The van der Waals surface area contributed by atoms with Gasteiger partial charge in [-0.25, -0.2) is 5.43 Å². The first-order valence-electron chi connectivity index (χ1n) is 9.31. The molecular weight excluding hydrogens is 398 g/mol. The number of amides is 1. The van der Waals surface area contributed by atoms with Crippen LogP contribution in [0.1, 0.15) is 21.6 Å². The first kappa shape index (κ1) is 19.5. The van der Waals surface area contributed by atoms with Crippen LogP contribution in [0.15, 0.2) is 90.3 Å². The molecule has 0 aliphatic rings. The minimum atomic E-state index is -0.378. The molecule has 6 nitrogen and oxygen atoms in total. The lowest BCUT2D eigenvalue weighted by Gasteiger charge is -2.01. The molecule has 7 heteroatoms. The molecule has 0 radical (unpaired) electrons. The number of aromatic nitrogens is 3. The second-order valence-electron chi connectivity index (χ2n) is 6.54. The second kappa shape index (κ2) is 9.15. The van der Waals surface area contributed by atoms with Crippen LogP contribution in [0.25, 0.3) is 11.3 Å². The SMILES string of the molecule is O=C(N/N=C\c1cn(Cc2ccccc2)nc1-c1ccc(Cl)cc1)c1ccccn1. The van der Waals surface area contributed by atoms with E-state index < -0.39 is 0 Å². The van der Waals surface area contributed by atoms with Crippen molar-refractivity contribution in [3.05, 3.63) is 107 Å². The number of nitrogens with one attached hydrogen (secondary N) is 1. The van der Waals surface area contributed by atoms with Crippen LogP contribution in [0.5, 0.6) is 0 Å². The molecule has 0 atom stereocenters. The highest BCUT2D eigenvalue weighted by atomic mass is 35.5. The number of nitrogens with zero attached hydrogens (tertiary/aromatic N) is 4. The first-order chi connectivity index (χ1) is 14.7. The van der Waals surface area contributed by atoms with Crippen LogP contribution >= 0.6 is 11.6 Å². The number of carbonyl (C=O) groups excluding carboxylic acids is 1. The Labute approximate surface area is 178 Å². The van der Waals surface area contributed by atoms with Gasteiger partial charge >= 0.3 is 0 Å². The highest BCUT2D eigenvalue weighted by molar-refractivity contribution is 6.30. The van der Waals surface area contributed by atoms with Crippen molar-refractivity contribution in [1.82, 2.24) is 20.2 Å². The van der Waals surface area contributed by atoms with Gasteiger partial charge in [-0.15, -0.1) is 0 Å². The minimum absolute atomic E-state index is 0.298. The maximum Gasteiger partial charge on any atom is 0.289 e. The number of halogens is 1. The van der Waals surface area contributed by atoms with E-state index >= 15 is 0 Å². The number of rotatable bonds is 6. The third-order valence-corrected chi connectivity index (χ3v) is 4.61. The van der Waals surface area contributed by atoms with Crippen molar-refractivity contribution in [3.8, 4) is 11.3 Å². The van der Waals surface area contributed by atoms with Gasteiger partial charge in [0, 0.05) is 28.5 Å². The third kappa shape index (κ3) is 4.79. The predicted octanol–water partition coefficient (Wildman–Crippen LogP) is 4.41. The summed E-state index contributed by atoms with van der Waals surface area (Å²) in [5, 5.41) is 9.47. The highest BCUT2D eigenvalue weighted by Crippen LogP contribution is 2.23. The molecule has 148 valence electrons. The summed E-state index contributed by atoms with van der Waals surface area (Å²) in [5.74, 6) is -0.378. The van der Waals surface area contributed by atoms with Crippen LogP contribution in [0, 0.1) is 0 Å². The van der Waals surface area contributed by atoms with Gasteiger partial charge in [-0.3, -0.25) is 14.5 Å². The molecule has 2 aromatic carbocycles. The zero-order valence-electron chi connectivity index (χ0n) is 15.9. The van der Waals surface area contributed by atoms with Crippen LogP contribution in [-0.4, -0.2) is 26.9 Å². The Bertz CT molecular complexity index is 1160. The molecule has 1 N–H and O–H groups in total. The smallest absolute Gasteiger partial charge is 0.267 e. The molecule has 4 aromatic rings. The van der Waals surface area contributed by atoms with E-state index in [0.29, 0.717) is 17.3 Å². The molecule has 4 rings (SSSR count). The number of pyridine rings is 1. The van der Waals surface area contributed by atoms with E-state index in [1.54, 1.807) is 30.6 Å². The summed E-state index contributed by atoms with van der Waals surface area (Å²) in [7, 11) is 0. The summed E-state index contributed by atoms with van der Waals surface area (Å²) in [6.45, 7) is 0.621. The van der Waals surface area contributed by atoms with Gasteiger partial charge in [0.2, 0.25) is 0 Å². The summed E-state index contributed by atoms with van der Waals surface area (Å²) in [6, 6.07) is 22.6. The van der Waals surface area contributed by atoms with E-state index in [-0.39, 0.29) is 5.91 Å². The molecular formula is C23H18ClN5O. The number of carbonyl (C=O) groups is 1. The van der Waals surface area contributed by atoms with Crippen molar-refractivity contribution in [2.24, 2.45) is 5.10 Å². The molecule has 0 aliphatic carbocycles. The van der Waals surface area contributed by atoms with Crippen molar-refractivity contribution >= 4 is 23.7 Å². The summed E-state index contributed by atoms with van der Waals surface area (Å²) in [5.41, 5.74) is 6.36. The van der Waals surface area contributed by atoms with Crippen LogP contribution in [0.3, 0.4) is 0 Å². The van der Waals surface area contributed by atoms with Gasteiger partial charge in [0.1, 0.15) is 11.4 Å². The third-order valence-electron chi connectivity index (χ3n) is 4.36. The van der Waals surface area contributed by atoms with Gasteiger partial charge in [0.25, 0.3) is 5.91 Å². The summed E-state index contributed by atoms with van der Waals surface area (Å²) < 4.78 is 1.85. The quantitative estimate of drug-likeness (QED) is 0.374. The lowest BCUT2D eigenvalue weighted by Crippen LogP contribution is -2.18. The van der Waals surface area contributed by atoms with Crippen molar-refractivity contribution in [2.75, 3.05) is 0 Å². The number of hydrogen-bond donors (Lipinski definition) is 1. The Morgan fingerprint density at radius 1 is 1.03 bits per heavy atom. The van der Waals surface area contributed by atoms with Crippen LogP contribution in [-0.2, 0) is 6.54 Å². The fraction of sp³-hybridized carbons (Fsp3) is 0.0435. The maximum atomic E-state index is 12.2. The van der Waals surface area contributed by atoms with Crippen molar-refractivity contribution in [3.63, 3.8) is 0 Å². The minimum Gasteiger partial charge on any atom is -0.267 e. The van der Waals surface area contributed by atoms with E-state index in [0.717, 1.165) is 22.4 Å². The fourth-order valence-corrected chi connectivity index (χ4v) is 3.06. The van der Waals surface area contributed by atoms with Gasteiger partial charge in [-0.2, -0.15) is 10.2 Å². The zero-order chi connectivity index (χ0) is 20.8. The van der Waals surface area contributed by atoms with Crippen molar-refractivity contribution < 1.29 is 4.79 Å². The maximum absolute atomic E-state index is 12.2. The van der Waals surface area contributed by atoms with E-state index in [4.69, 9.17) is 16.7 Å². The largest absolute Gasteiger partial charge is 0.289 e. The topological polar surface area (TPSA) is 72.2 Å². The summed E-state index contributed by atoms with van der Waals surface area (Å²) in [4.78, 5) is 16.2. The van der Waals surface area contributed by atoms with E-state index in [9.17, 15) is 4.79 Å². The predicted molar refractivity (Wildman–Crippen MR) is 118 cm³/mol. The summed E-state index contributed by atoms with van der Waals surface area (Å²) in [6.07, 6.45) is 5.04. The molecule has 0 unspecified atom stereocenters. The van der Waals surface area contributed by atoms with Gasteiger partial charge in [-0.1, -0.05) is 60.1 Å². The van der Waals surface area contributed by atoms with Crippen LogP contribution in [0.2, 0.25) is 5.02 Å². The van der Waals surface area contributed by atoms with Crippen molar-refractivity contribution in [1.29, 1.82) is 0 Å². The van der Waals surface area contributed by atoms with E-state index in [2.05, 4.69) is 15.5 Å². The molecule has 2 aromatic heterocycles. The molecule has 1 amide bonds. The molecule has 0 saturated carbocycles. The second-order valence-corrected chi connectivity index (χ2v) is 6.97. The van der Waals surface area contributed by atoms with Gasteiger partial charge in [-0.05, 0) is 29.8 Å². The average Bonchev–Trinajstić information content (AvgIpc) is 3.18. The zero-order valence-corrected chi connectivity index (χ0v) is 16.7. The number of hydrazone groups is 1. The molecule has 0 bridgehead atoms. The molecule has 30 heavy (non-hydrogen) atoms. The first-order valence-corrected chi connectivity index (χ1v) is 9.68. The lowest BCUT2D eigenvalue weighted by atomic mass is 10.1. The molecule has 0 aliphatic heterocycles. The van der Waals surface area contributed by atoms with Crippen LogP contribution in [0.4, 0.5) is 0 Å². The fourth-order valence-electron chi connectivity index (χ4n) is 2.93. The van der Waals surface area contributed by atoms with Gasteiger partial charge < -0.3 is 0 Å². The molecule has 0 spiro atoms. The average molecular weight is 416 g/mol. The normalized spacial score (nSPS) is 11.0. The van der Waals surface area contributed by atoms with Crippen molar-refractivity contribution in [2.45, 2.75) is 6.54 Å². The Hall–Kier alpha value is -3.77. The van der Waals surface area contributed by atoms with E-state index in [1.807, 2.05) is 65.5 Å². The highest BCUT2D eigenvalue weighted by Gasteiger charge is 2.11. The Balaban J connectivity index is 1.59. The Kier molecular flexibility index (Phi) is 5.96. The number of hydrogen-bond acceptors (Lipinski definition) is 4. The molecule has 0 saturated heterocycles. The summed E-state index contributed by atoms with van der Waals surface area (Å²) >= 11 is 6.02. The van der Waals surface area contributed by atoms with Gasteiger partial charge in [0.05, 0.1) is 12.8 Å². The van der Waals surface area contributed by atoms with Gasteiger partial charge in [0.15, 0.2) is 0 Å². The molecule has 2 heterocycles. The standard InChI is InChI=1S/C23H18ClN5O/c24-20-11-9-18(10-12-20)22-19(14-26-27-23(30)21-8-4-5-13-25-21)16-29(28-22)15-17-6-2-1-3-7-17/h1-14,16H,15H2,(H,27,30)/b26-14-. The van der Waals surface area contributed by atoms with Crippen LogP contribution < -0.4 is 5.43 Å². The Morgan fingerprint density at radius 2 is 1.80 bits per heavy atom. The number of benzene rings is 2. The monoisotopic (exact) mass is 415 g/mol. The molecule has 0 fully saturated rings.